The molecule has 2 fully saturated rings. The zero-order valence-electron chi connectivity index (χ0n) is 12.2. The van der Waals surface area contributed by atoms with E-state index >= 15 is 0 Å². The molecule has 1 aromatic heterocycles. The van der Waals surface area contributed by atoms with Crippen LogP contribution in [0.3, 0.4) is 0 Å². The van der Waals surface area contributed by atoms with Gasteiger partial charge in [0.2, 0.25) is 0 Å². The van der Waals surface area contributed by atoms with Crippen LogP contribution in [0.1, 0.15) is 87.6 Å². The van der Waals surface area contributed by atoms with Gasteiger partial charge in [-0.3, -0.25) is 0 Å². The predicted molar refractivity (Wildman–Crippen MR) is 79.3 cm³/mol. The monoisotopic (exact) mass is 261 g/mol. The topological polar surface area (TPSA) is 43.8 Å². The summed E-state index contributed by atoms with van der Waals surface area (Å²) in [5.74, 6) is 3.47. The third kappa shape index (κ3) is 2.52. The van der Waals surface area contributed by atoms with Gasteiger partial charge >= 0.3 is 0 Å². The minimum absolute atomic E-state index is 0.615. The molecular formula is C16H27N3. The Morgan fingerprint density at radius 3 is 2.05 bits per heavy atom. The van der Waals surface area contributed by atoms with Gasteiger partial charge in [0.25, 0.3) is 0 Å². The summed E-state index contributed by atoms with van der Waals surface area (Å²) in [4.78, 5) is 4.99. The number of nitrogen functional groups attached to an aromatic ring is 1. The predicted octanol–water partition coefficient (Wildman–Crippen LogP) is 4.10. The van der Waals surface area contributed by atoms with E-state index in [2.05, 4.69) is 11.6 Å². The van der Waals surface area contributed by atoms with Gasteiger partial charge in [0.15, 0.2) is 0 Å². The second-order valence-corrected chi connectivity index (χ2v) is 6.47. The first-order valence-electron chi connectivity index (χ1n) is 8.09. The summed E-state index contributed by atoms with van der Waals surface area (Å²) in [7, 11) is 2.11. The Morgan fingerprint density at radius 1 is 0.895 bits per heavy atom. The van der Waals surface area contributed by atoms with Crippen LogP contribution in [0.4, 0.5) is 5.82 Å². The maximum Gasteiger partial charge on any atom is 0.126 e. The van der Waals surface area contributed by atoms with Crippen LogP contribution in [-0.4, -0.2) is 9.55 Å². The number of nitrogens with two attached hydrogens (primary N) is 1. The van der Waals surface area contributed by atoms with Crippen molar-refractivity contribution in [3.8, 4) is 0 Å². The van der Waals surface area contributed by atoms with Gasteiger partial charge in [-0.15, -0.1) is 0 Å². The minimum Gasteiger partial charge on any atom is -0.384 e. The van der Waals surface area contributed by atoms with Crippen molar-refractivity contribution in [1.29, 1.82) is 0 Å². The minimum atomic E-state index is 0.615. The lowest BCUT2D eigenvalue weighted by atomic mass is 9.96. The van der Waals surface area contributed by atoms with Crippen LogP contribution >= 0.6 is 0 Å². The fourth-order valence-corrected chi connectivity index (χ4v) is 3.95. The molecule has 0 amide bonds. The van der Waals surface area contributed by atoms with Crippen molar-refractivity contribution in [2.24, 2.45) is 7.05 Å². The Morgan fingerprint density at radius 2 is 1.42 bits per heavy atom. The fourth-order valence-electron chi connectivity index (χ4n) is 3.95. The fraction of sp³-hybridized carbons (Fsp3) is 0.812. The largest absolute Gasteiger partial charge is 0.384 e. The summed E-state index contributed by atoms with van der Waals surface area (Å²) in [5.41, 5.74) is 7.57. The molecule has 2 saturated carbocycles. The van der Waals surface area contributed by atoms with Gasteiger partial charge in [-0.1, -0.05) is 38.5 Å². The molecule has 0 unspecified atom stereocenters. The second kappa shape index (κ2) is 5.56. The van der Waals surface area contributed by atoms with Gasteiger partial charge in [-0.2, -0.15) is 0 Å². The van der Waals surface area contributed by atoms with E-state index in [1.54, 1.807) is 0 Å². The van der Waals surface area contributed by atoms with Gasteiger partial charge in [0.1, 0.15) is 11.6 Å². The summed E-state index contributed by atoms with van der Waals surface area (Å²) in [6, 6.07) is 0. The first-order chi connectivity index (χ1) is 9.27. The Bertz CT molecular complexity index is 421. The Labute approximate surface area is 116 Å². The zero-order valence-corrected chi connectivity index (χ0v) is 12.2. The normalized spacial score (nSPS) is 22.8. The van der Waals surface area contributed by atoms with Gasteiger partial charge in [0.05, 0.1) is 5.69 Å². The molecule has 2 aliphatic carbocycles. The quantitative estimate of drug-likeness (QED) is 0.815. The molecule has 0 aromatic carbocycles. The number of nitrogens with zero attached hydrogens (tertiary/aromatic N) is 2. The lowest BCUT2D eigenvalue weighted by Gasteiger charge is -2.12. The second-order valence-electron chi connectivity index (χ2n) is 6.47. The average Bonchev–Trinajstić information content (AvgIpc) is 2.93. The highest BCUT2D eigenvalue weighted by molar-refractivity contribution is 5.41. The molecule has 2 aliphatic rings. The van der Waals surface area contributed by atoms with Crippen LogP contribution in [0, 0.1) is 0 Å². The van der Waals surface area contributed by atoms with Crippen LogP contribution in [0.25, 0.3) is 0 Å². The Balaban J connectivity index is 1.86. The van der Waals surface area contributed by atoms with Crippen LogP contribution in [0.5, 0.6) is 0 Å². The number of rotatable bonds is 2. The molecule has 1 aromatic rings. The lowest BCUT2D eigenvalue weighted by Crippen LogP contribution is -2.05. The molecule has 0 atom stereocenters. The third-order valence-corrected chi connectivity index (χ3v) is 5.16. The maximum absolute atomic E-state index is 6.35. The van der Waals surface area contributed by atoms with Gasteiger partial charge in [-0.25, -0.2) is 4.98 Å². The number of hydrogen-bond acceptors (Lipinski definition) is 2. The third-order valence-electron chi connectivity index (χ3n) is 5.16. The Kier molecular flexibility index (Phi) is 3.81. The highest BCUT2D eigenvalue weighted by atomic mass is 15.1. The van der Waals surface area contributed by atoms with Crippen molar-refractivity contribution in [2.45, 2.75) is 76.0 Å². The molecule has 0 spiro atoms. The SMILES string of the molecule is Cn1c(C2CCCC2)nc(C2CCCCCC2)c1N. The Hall–Kier alpha value is -0.990. The van der Waals surface area contributed by atoms with Crippen molar-refractivity contribution in [3.63, 3.8) is 0 Å². The van der Waals surface area contributed by atoms with E-state index in [9.17, 15) is 0 Å². The molecule has 2 N–H and O–H groups in total. The van der Waals surface area contributed by atoms with Crippen molar-refractivity contribution < 1.29 is 0 Å². The average molecular weight is 261 g/mol. The molecule has 3 nitrogen and oxygen atoms in total. The van der Waals surface area contributed by atoms with E-state index in [1.807, 2.05) is 0 Å². The number of anilines is 1. The number of imidazole rings is 1. The molecule has 106 valence electrons. The van der Waals surface area contributed by atoms with Crippen molar-refractivity contribution >= 4 is 5.82 Å². The molecule has 1 heterocycles. The zero-order chi connectivity index (χ0) is 13.2. The molecule has 0 saturated heterocycles. The summed E-state index contributed by atoms with van der Waals surface area (Å²) >= 11 is 0. The van der Waals surface area contributed by atoms with Gasteiger partial charge in [0, 0.05) is 18.9 Å². The molecule has 0 radical (unpaired) electrons. The first kappa shape index (κ1) is 13.0. The molecule has 3 heteroatoms. The van der Waals surface area contributed by atoms with Crippen molar-refractivity contribution in [2.75, 3.05) is 5.73 Å². The molecular weight excluding hydrogens is 234 g/mol. The smallest absolute Gasteiger partial charge is 0.126 e. The van der Waals surface area contributed by atoms with Crippen molar-refractivity contribution in [1.82, 2.24) is 9.55 Å². The number of aromatic nitrogens is 2. The van der Waals surface area contributed by atoms with Crippen LogP contribution in [0.2, 0.25) is 0 Å². The highest BCUT2D eigenvalue weighted by Gasteiger charge is 2.27. The summed E-state index contributed by atoms with van der Waals surface area (Å²) in [6.45, 7) is 0. The number of hydrogen-bond donors (Lipinski definition) is 1. The molecule has 19 heavy (non-hydrogen) atoms. The van der Waals surface area contributed by atoms with Gasteiger partial charge in [-0.05, 0) is 25.7 Å². The van der Waals surface area contributed by atoms with Crippen molar-refractivity contribution in [3.05, 3.63) is 11.5 Å². The van der Waals surface area contributed by atoms with Crippen LogP contribution in [-0.2, 0) is 7.05 Å². The molecule has 3 rings (SSSR count). The van der Waals surface area contributed by atoms with E-state index < -0.39 is 0 Å². The van der Waals surface area contributed by atoms with E-state index in [0.29, 0.717) is 11.8 Å². The van der Waals surface area contributed by atoms with E-state index in [0.717, 1.165) is 5.82 Å². The highest BCUT2D eigenvalue weighted by Crippen LogP contribution is 2.38. The van der Waals surface area contributed by atoms with E-state index in [1.165, 1.54) is 75.7 Å². The van der Waals surface area contributed by atoms with E-state index in [-0.39, 0.29) is 0 Å². The molecule has 0 aliphatic heterocycles. The maximum atomic E-state index is 6.35. The summed E-state index contributed by atoms with van der Waals surface area (Å²) in [6.07, 6.45) is 13.3. The lowest BCUT2D eigenvalue weighted by molar-refractivity contribution is 0.576. The standard InChI is InChI=1S/C16H27N3/c1-19-15(17)14(12-8-4-2-3-5-9-12)18-16(19)13-10-6-7-11-13/h12-13H,2-11,17H2,1H3. The van der Waals surface area contributed by atoms with E-state index in [4.69, 9.17) is 10.7 Å². The first-order valence-corrected chi connectivity index (χ1v) is 8.09. The summed E-state index contributed by atoms with van der Waals surface area (Å²) in [5, 5.41) is 0. The summed E-state index contributed by atoms with van der Waals surface area (Å²) < 4.78 is 2.18. The van der Waals surface area contributed by atoms with Crippen LogP contribution < -0.4 is 5.73 Å². The van der Waals surface area contributed by atoms with Gasteiger partial charge < -0.3 is 10.3 Å². The van der Waals surface area contributed by atoms with Crippen LogP contribution in [0.15, 0.2) is 0 Å². The molecule has 0 bridgehead atoms.